The largest absolute Gasteiger partial charge is 0.355 e. The topological polar surface area (TPSA) is 30.9 Å². The van der Waals surface area contributed by atoms with Crippen molar-refractivity contribution < 1.29 is 0 Å². The van der Waals surface area contributed by atoms with Crippen molar-refractivity contribution in [3.05, 3.63) is 12.7 Å². The Bertz CT molecular complexity index is 280. The molecule has 0 saturated carbocycles. The second-order valence-corrected chi connectivity index (χ2v) is 5.58. The van der Waals surface area contributed by atoms with Gasteiger partial charge in [0.1, 0.15) is 0 Å². The summed E-state index contributed by atoms with van der Waals surface area (Å²) >= 11 is 0. The van der Waals surface area contributed by atoms with Crippen molar-refractivity contribution in [3.63, 3.8) is 0 Å². The number of rotatable bonds is 7. The second-order valence-electron chi connectivity index (χ2n) is 5.58. The number of nitrogens with zero attached hydrogens (tertiary/aromatic N) is 3. The molecule has 0 aromatic carbocycles. The van der Waals surface area contributed by atoms with Gasteiger partial charge in [0.15, 0.2) is 5.96 Å². The van der Waals surface area contributed by atoms with Gasteiger partial charge in [0.05, 0.1) is 0 Å². The maximum absolute atomic E-state index is 4.35. The van der Waals surface area contributed by atoms with Crippen LogP contribution in [0.25, 0.3) is 0 Å². The fraction of sp³-hybridized carbons (Fsp3) is 0.812. The minimum atomic E-state index is 0.985. The third-order valence-electron chi connectivity index (χ3n) is 3.88. The van der Waals surface area contributed by atoms with Crippen molar-refractivity contribution >= 4 is 5.96 Å². The Balaban J connectivity index is 2.21. The molecule has 4 heteroatoms. The van der Waals surface area contributed by atoms with Crippen LogP contribution in [0, 0.1) is 0 Å². The van der Waals surface area contributed by atoms with Crippen LogP contribution < -0.4 is 5.32 Å². The predicted molar refractivity (Wildman–Crippen MR) is 88.3 cm³/mol. The van der Waals surface area contributed by atoms with Crippen LogP contribution in [-0.2, 0) is 0 Å². The van der Waals surface area contributed by atoms with Crippen LogP contribution in [0.1, 0.15) is 38.5 Å². The average molecular weight is 280 g/mol. The van der Waals surface area contributed by atoms with Gasteiger partial charge in [0.2, 0.25) is 0 Å². The van der Waals surface area contributed by atoms with Gasteiger partial charge in [0, 0.05) is 33.7 Å². The standard InChI is InChI=1S/C16H32N4/c1-4-5-8-12-19(3)16(17-2)18-11-15-20-13-9-6-7-10-14-20/h4H,1,5-15H2,2-3H3,(H,17,18). The van der Waals surface area contributed by atoms with Gasteiger partial charge in [-0.05, 0) is 38.8 Å². The fourth-order valence-electron chi connectivity index (χ4n) is 2.65. The summed E-state index contributed by atoms with van der Waals surface area (Å²) in [5.41, 5.74) is 0. The Morgan fingerprint density at radius 2 is 2.00 bits per heavy atom. The molecular weight excluding hydrogens is 248 g/mol. The first-order valence-electron chi connectivity index (χ1n) is 8.03. The third kappa shape index (κ3) is 6.94. The zero-order chi connectivity index (χ0) is 14.6. The van der Waals surface area contributed by atoms with E-state index in [0.717, 1.165) is 38.4 Å². The van der Waals surface area contributed by atoms with E-state index in [1.54, 1.807) is 0 Å². The molecule has 1 aliphatic heterocycles. The molecule has 0 aromatic rings. The van der Waals surface area contributed by atoms with Crippen molar-refractivity contribution in [1.82, 2.24) is 15.1 Å². The van der Waals surface area contributed by atoms with Gasteiger partial charge in [-0.3, -0.25) is 4.99 Å². The molecule has 4 nitrogen and oxygen atoms in total. The van der Waals surface area contributed by atoms with Gasteiger partial charge < -0.3 is 15.1 Å². The number of aliphatic imine (C=N–C) groups is 1. The van der Waals surface area contributed by atoms with E-state index < -0.39 is 0 Å². The summed E-state index contributed by atoms with van der Waals surface area (Å²) in [6.07, 6.45) is 9.69. The SMILES string of the molecule is C=CCCCN(C)C(=NC)NCCN1CCCCCC1. The molecule has 0 atom stereocenters. The van der Waals surface area contributed by atoms with E-state index in [9.17, 15) is 0 Å². The van der Waals surface area contributed by atoms with E-state index >= 15 is 0 Å². The molecule has 0 amide bonds. The molecule has 0 aromatic heterocycles. The first-order chi connectivity index (χ1) is 9.77. The van der Waals surface area contributed by atoms with Crippen molar-refractivity contribution in [3.8, 4) is 0 Å². The lowest BCUT2D eigenvalue weighted by Crippen LogP contribution is -2.43. The van der Waals surface area contributed by atoms with Crippen LogP contribution in [0.2, 0.25) is 0 Å². The molecule has 1 fully saturated rings. The van der Waals surface area contributed by atoms with Crippen molar-refractivity contribution in [1.29, 1.82) is 0 Å². The molecular formula is C16H32N4. The minimum absolute atomic E-state index is 0.985. The first kappa shape index (κ1) is 17.0. The molecule has 20 heavy (non-hydrogen) atoms. The predicted octanol–water partition coefficient (Wildman–Crippen LogP) is 2.34. The Kier molecular flexibility index (Phi) is 9.13. The first-order valence-corrected chi connectivity index (χ1v) is 8.03. The molecule has 1 saturated heterocycles. The van der Waals surface area contributed by atoms with Gasteiger partial charge in [-0.2, -0.15) is 0 Å². The number of unbranched alkanes of at least 4 members (excludes halogenated alkanes) is 1. The van der Waals surface area contributed by atoms with Gasteiger partial charge in [-0.15, -0.1) is 6.58 Å². The molecule has 1 aliphatic rings. The normalized spacial score (nSPS) is 17.6. The van der Waals surface area contributed by atoms with E-state index in [0.29, 0.717) is 0 Å². The lowest BCUT2D eigenvalue weighted by Gasteiger charge is -2.24. The lowest BCUT2D eigenvalue weighted by molar-refractivity contribution is 0.288. The quantitative estimate of drug-likeness (QED) is 0.336. The summed E-state index contributed by atoms with van der Waals surface area (Å²) < 4.78 is 0. The summed E-state index contributed by atoms with van der Waals surface area (Å²) in [4.78, 5) is 9.13. The van der Waals surface area contributed by atoms with Crippen molar-refractivity contribution in [2.24, 2.45) is 4.99 Å². The monoisotopic (exact) mass is 280 g/mol. The number of allylic oxidation sites excluding steroid dienone is 1. The Morgan fingerprint density at radius 3 is 2.60 bits per heavy atom. The van der Waals surface area contributed by atoms with Crippen LogP contribution >= 0.6 is 0 Å². The number of hydrogen-bond acceptors (Lipinski definition) is 2. The van der Waals surface area contributed by atoms with Crippen LogP contribution in [0.15, 0.2) is 17.6 Å². The number of guanidine groups is 1. The van der Waals surface area contributed by atoms with Crippen molar-refractivity contribution in [2.75, 3.05) is 46.8 Å². The second kappa shape index (κ2) is 10.7. The Labute approximate surface area is 124 Å². The summed E-state index contributed by atoms with van der Waals surface area (Å²) in [6, 6.07) is 0. The molecule has 0 bridgehead atoms. The van der Waals surface area contributed by atoms with Crippen LogP contribution in [-0.4, -0.2) is 62.6 Å². The van der Waals surface area contributed by atoms with Crippen molar-refractivity contribution in [2.45, 2.75) is 38.5 Å². The smallest absolute Gasteiger partial charge is 0.193 e. The molecule has 0 radical (unpaired) electrons. The summed E-state index contributed by atoms with van der Waals surface area (Å²) in [6.45, 7) is 9.41. The number of likely N-dealkylation sites (tertiary alicyclic amines) is 1. The highest BCUT2D eigenvalue weighted by Gasteiger charge is 2.09. The van der Waals surface area contributed by atoms with Crippen LogP contribution in [0.5, 0.6) is 0 Å². The lowest BCUT2D eigenvalue weighted by atomic mass is 10.2. The highest BCUT2D eigenvalue weighted by Crippen LogP contribution is 2.08. The molecule has 0 spiro atoms. The molecule has 1 heterocycles. The Hall–Kier alpha value is -1.03. The molecule has 0 unspecified atom stereocenters. The van der Waals surface area contributed by atoms with E-state index in [4.69, 9.17) is 0 Å². The number of nitrogens with one attached hydrogen (secondary N) is 1. The van der Waals surface area contributed by atoms with Gasteiger partial charge >= 0.3 is 0 Å². The third-order valence-corrected chi connectivity index (χ3v) is 3.88. The Morgan fingerprint density at radius 1 is 1.30 bits per heavy atom. The van der Waals surface area contributed by atoms with Gasteiger partial charge in [-0.25, -0.2) is 0 Å². The van der Waals surface area contributed by atoms with Gasteiger partial charge in [-0.1, -0.05) is 18.9 Å². The van der Waals surface area contributed by atoms with E-state index in [1.165, 1.54) is 38.8 Å². The zero-order valence-corrected chi connectivity index (χ0v) is 13.4. The average Bonchev–Trinajstić information content (AvgIpc) is 2.72. The summed E-state index contributed by atoms with van der Waals surface area (Å²) in [5.74, 6) is 1.00. The molecule has 1 rings (SSSR count). The minimum Gasteiger partial charge on any atom is -0.355 e. The molecule has 1 N–H and O–H groups in total. The fourth-order valence-corrected chi connectivity index (χ4v) is 2.65. The maximum atomic E-state index is 4.35. The zero-order valence-electron chi connectivity index (χ0n) is 13.4. The van der Waals surface area contributed by atoms with Crippen LogP contribution in [0.4, 0.5) is 0 Å². The highest BCUT2D eigenvalue weighted by atomic mass is 15.3. The highest BCUT2D eigenvalue weighted by molar-refractivity contribution is 5.79. The molecule has 0 aliphatic carbocycles. The van der Waals surface area contributed by atoms with Gasteiger partial charge in [0.25, 0.3) is 0 Å². The summed E-state index contributed by atoms with van der Waals surface area (Å²) in [5, 5.41) is 3.47. The van der Waals surface area contributed by atoms with E-state index in [1.807, 2.05) is 13.1 Å². The van der Waals surface area contributed by atoms with E-state index in [2.05, 4.69) is 33.7 Å². The summed E-state index contributed by atoms with van der Waals surface area (Å²) in [7, 11) is 3.96. The maximum Gasteiger partial charge on any atom is 0.193 e. The van der Waals surface area contributed by atoms with E-state index in [-0.39, 0.29) is 0 Å². The molecule has 116 valence electrons. The van der Waals surface area contributed by atoms with Crippen LogP contribution in [0.3, 0.4) is 0 Å². The number of hydrogen-bond donors (Lipinski definition) is 1.